The van der Waals surface area contributed by atoms with E-state index in [4.69, 9.17) is 9.47 Å². The number of aromatic nitrogens is 2. The normalized spacial score (nSPS) is 19.0. The van der Waals surface area contributed by atoms with Crippen LogP contribution in [0.3, 0.4) is 0 Å². The van der Waals surface area contributed by atoms with Crippen molar-refractivity contribution < 1.29 is 14.3 Å². The molecule has 2 fully saturated rings. The number of amides is 1. The Morgan fingerprint density at radius 3 is 2.44 bits per heavy atom. The second-order valence-electron chi connectivity index (χ2n) is 10.1. The van der Waals surface area contributed by atoms with E-state index < -0.39 is 5.60 Å². The number of carbonyl (C=O) groups is 1. The summed E-state index contributed by atoms with van der Waals surface area (Å²) in [6, 6.07) is 6.04. The Morgan fingerprint density at radius 2 is 1.78 bits per heavy atom. The number of rotatable bonds is 4. The fourth-order valence-corrected chi connectivity index (χ4v) is 4.68. The second kappa shape index (κ2) is 9.17. The largest absolute Gasteiger partial charge is 0.444 e. The SMILES string of the molecule is Cn1c(=O)[nH]c2cccc(N3CCC(OCC4CCN(C(=O)OC(C)(C)C)CC4)CC3)c21. The molecule has 0 aliphatic carbocycles. The molecule has 2 saturated heterocycles. The molecule has 4 rings (SSSR count). The van der Waals surface area contributed by atoms with Crippen LogP contribution in [-0.4, -0.2) is 65.0 Å². The minimum absolute atomic E-state index is 0.0802. The highest BCUT2D eigenvalue weighted by Crippen LogP contribution is 2.28. The van der Waals surface area contributed by atoms with Crippen LogP contribution in [0, 0.1) is 5.92 Å². The first-order valence-corrected chi connectivity index (χ1v) is 11.7. The summed E-state index contributed by atoms with van der Waals surface area (Å²) >= 11 is 0. The first-order chi connectivity index (χ1) is 15.2. The minimum atomic E-state index is -0.451. The molecule has 2 aliphatic heterocycles. The van der Waals surface area contributed by atoms with Crippen LogP contribution in [0.4, 0.5) is 10.5 Å². The average molecular weight is 445 g/mol. The van der Waals surface area contributed by atoms with Crippen LogP contribution >= 0.6 is 0 Å². The van der Waals surface area contributed by atoms with Crippen LogP contribution in [0.5, 0.6) is 0 Å². The van der Waals surface area contributed by atoms with Crippen molar-refractivity contribution in [1.29, 1.82) is 0 Å². The number of imidazole rings is 1. The number of ether oxygens (including phenoxy) is 2. The summed E-state index contributed by atoms with van der Waals surface area (Å²) in [5.41, 5.74) is 2.42. The monoisotopic (exact) mass is 444 g/mol. The van der Waals surface area contributed by atoms with E-state index in [-0.39, 0.29) is 17.9 Å². The number of hydrogen-bond acceptors (Lipinski definition) is 5. The third-order valence-corrected chi connectivity index (χ3v) is 6.51. The molecule has 0 radical (unpaired) electrons. The molecule has 1 amide bonds. The predicted molar refractivity (Wildman–Crippen MR) is 125 cm³/mol. The van der Waals surface area contributed by atoms with E-state index in [1.54, 1.807) is 4.57 Å². The van der Waals surface area contributed by atoms with Crippen LogP contribution in [0.2, 0.25) is 0 Å². The molecular weight excluding hydrogens is 408 g/mol. The smallest absolute Gasteiger partial charge is 0.410 e. The fourth-order valence-electron chi connectivity index (χ4n) is 4.68. The number of likely N-dealkylation sites (tertiary alicyclic amines) is 1. The summed E-state index contributed by atoms with van der Waals surface area (Å²) in [4.78, 5) is 31.3. The van der Waals surface area contributed by atoms with Gasteiger partial charge in [0.25, 0.3) is 0 Å². The number of fused-ring (bicyclic) bond motifs is 1. The molecule has 2 aromatic rings. The molecule has 8 nitrogen and oxygen atoms in total. The summed E-state index contributed by atoms with van der Waals surface area (Å²) in [5, 5.41) is 0. The van der Waals surface area contributed by atoms with Gasteiger partial charge in [-0.2, -0.15) is 0 Å². The van der Waals surface area contributed by atoms with E-state index in [0.717, 1.165) is 75.2 Å². The van der Waals surface area contributed by atoms with Crippen molar-refractivity contribution in [2.45, 2.75) is 58.2 Å². The number of piperidine rings is 2. The molecule has 1 aromatic heterocycles. The third-order valence-electron chi connectivity index (χ3n) is 6.51. The number of aryl methyl sites for hydroxylation is 1. The zero-order valence-corrected chi connectivity index (χ0v) is 19.7. The van der Waals surface area contributed by atoms with Crippen molar-refractivity contribution in [1.82, 2.24) is 14.5 Å². The van der Waals surface area contributed by atoms with Gasteiger partial charge in [0.1, 0.15) is 5.60 Å². The van der Waals surface area contributed by atoms with E-state index in [2.05, 4.69) is 16.0 Å². The molecule has 1 N–H and O–H groups in total. The highest BCUT2D eigenvalue weighted by atomic mass is 16.6. The molecule has 0 spiro atoms. The van der Waals surface area contributed by atoms with Crippen LogP contribution < -0.4 is 10.6 Å². The predicted octanol–water partition coefficient (Wildman–Crippen LogP) is 3.50. The number of para-hydroxylation sites is 1. The van der Waals surface area contributed by atoms with E-state index >= 15 is 0 Å². The maximum Gasteiger partial charge on any atom is 0.410 e. The van der Waals surface area contributed by atoms with Gasteiger partial charge in [0.2, 0.25) is 0 Å². The number of nitrogens with one attached hydrogen (secondary N) is 1. The number of hydrogen-bond donors (Lipinski definition) is 1. The summed E-state index contributed by atoms with van der Waals surface area (Å²) in [6.07, 6.45) is 3.93. The van der Waals surface area contributed by atoms with E-state index in [1.165, 1.54) is 0 Å². The zero-order valence-electron chi connectivity index (χ0n) is 19.7. The molecule has 2 aliphatic rings. The molecule has 8 heteroatoms. The standard InChI is InChI=1S/C24H36N4O4/c1-24(2,3)32-23(30)28-12-8-17(9-13-28)16-31-18-10-14-27(15-11-18)20-7-5-6-19-21(20)26(4)22(29)25-19/h5-7,17-18H,8-16H2,1-4H3,(H,25,29). The lowest BCUT2D eigenvalue weighted by atomic mass is 9.97. The Balaban J connectivity index is 1.23. The van der Waals surface area contributed by atoms with Crippen molar-refractivity contribution in [3.8, 4) is 0 Å². The average Bonchev–Trinajstić information content (AvgIpc) is 3.05. The van der Waals surface area contributed by atoms with Crippen molar-refractivity contribution in [2.75, 3.05) is 37.7 Å². The van der Waals surface area contributed by atoms with Crippen molar-refractivity contribution in [3.63, 3.8) is 0 Å². The minimum Gasteiger partial charge on any atom is -0.444 e. The van der Waals surface area contributed by atoms with Crippen LogP contribution in [0.1, 0.15) is 46.5 Å². The molecule has 1 aromatic carbocycles. The van der Waals surface area contributed by atoms with Gasteiger partial charge in [-0.05, 0) is 64.5 Å². The molecule has 176 valence electrons. The van der Waals surface area contributed by atoms with E-state index in [1.807, 2.05) is 44.9 Å². The fraction of sp³-hybridized carbons (Fsp3) is 0.667. The molecule has 0 saturated carbocycles. The maximum absolute atomic E-state index is 12.2. The van der Waals surface area contributed by atoms with Gasteiger partial charge in [0.15, 0.2) is 0 Å². The lowest BCUT2D eigenvalue weighted by Gasteiger charge is -2.36. The van der Waals surface area contributed by atoms with Crippen molar-refractivity contribution in [2.24, 2.45) is 13.0 Å². The number of carbonyl (C=O) groups excluding carboxylic acids is 1. The molecule has 0 atom stereocenters. The topological polar surface area (TPSA) is 79.8 Å². The first kappa shape index (κ1) is 22.7. The summed E-state index contributed by atoms with van der Waals surface area (Å²) < 4.78 is 13.4. The van der Waals surface area contributed by atoms with Gasteiger partial charge >= 0.3 is 11.8 Å². The number of aromatic amines is 1. The van der Waals surface area contributed by atoms with Gasteiger partial charge in [-0.1, -0.05) is 6.07 Å². The molecule has 0 bridgehead atoms. The van der Waals surface area contributed by atoms with Crippen LogP contribution in [0.25, 0.3) is 11.0 Å². The number of anilines is 1. The Hall–Kier alpha value is -2.48. The Labute approximate surface area is 189 Å². The number of nitrogens with zero attached hydrogens (tertiary/aromatic N) is 3. The van der Waals surface area contributed by atoms with Gasteiger partial charge in [-0.25, -0.2) is 9.59 Å². The maximum atomic E-state index is 12.2. The van der Waals surface area contributed by atoms with Gasteiger partial charge in [-0.3, -0.25) is 4.57 Å². The van der Waals surface area contributed by atoms with Crippen LogP contribution in [0.15, 0.2) is 23.0 Å². The van der Waals surface area contributed by atoms with Gasteiger partial charge in [0, 0.05) is 39.8 Å². The highest BCUT2D eigenvalue weighted by Gasteiger charge is 2.28. The molecule has 0 unspecified atom stereocenters. The van der Waals surface area contributed by atoms with E-state index in [9.17, 15) is 9.59 Å². The Bertz CT molecular complexity index is 990. The molecule has 32 heavy (non-hydrogen) atoms. The Morgan fingerprint density at radius 1 is 1.09 bits per heavy atom. The second-order valence-corrected chi connectivity index (χ2v) is 10.1. The lowest BCUT2D eigenvalue weighted by Crippen LogP contribution is -2.43. The number of benzene rings is 1. The summed E-state index contributed by atoms with van der Waals surface area (Å²) in [7, 11) is 1.81. The van der Waals surface area contributed by atoms with Gasteiger partial charge in [-0.15, -0.1) is 0 Å². The summed E-state index contributed by atoms with van der Waals surface area (Å²) in [6.45, 7) is 9.76. The highest BCUT2D eigenvalue weighted by molar-refractivity contribution is 5.89. The van der Waals surface area contributed by atoms with Crippen LogP contribution in [-0.2, 0) is 16.5 Å². The molecule has 3 heterocycles. The number of H-pyrrole nitrogens is 1. The lowest BCUT2D eigenvalue weighted by molar-refractivity contribution is -0.00835. The summed E-state index contributed by atoms with van der Waals surface area (Å²) in [5.74, 6) is 0.495. The third kappa shape index (κ3) is 5.11. The zero-order chi connectivity index (χ0) is 22.9. The van der Waals surface area contributed by atoms with Crippen molar-refractivity contribution in [3.05, 3.63) is 28.7 Å². The van der Waals surface area contributed by atoms with Gasteiger partial charge in [0.05, 0.1) is 22.8 Å². The Kier molecular flexibility index (Phi) is 6.51. The molecular formula is C24H36N4O4. The van der Waals surface area contributed by atoms with E-state index in [0.29, 0.717) is 5.92 Å². The first-order valence-electron chi connectivity index (χ1n) is 11.7. The quantitative estimate of drug-likeness (QED) is 0.781. The van der Waals surface area contributed by atoms with Crippen molar-refractivity contribution >= 4 is 22.8 Å². The van der Waals surface area contributed by atoms with Gasteiger partial charge < -0.3 is 24.3 Å².